The number of anilines is 2. The number of amides is 1. The molecular weight excluding hydrogens is 268 g/mol. The number of rotatable bonds is 5. The number of carbonyl (C=O) groups excluding carboxylic acids is 1. The normalized spacial score (nSPS) is 10.1. The minimum absolute atomic E-state index is 0.0189. The first-order valence-electron chi connectivity index (χ1n) is 6.39. The molecule has 0 aromatic heterocycles. The van der Waals surface area contributed by atoms with Crippen molar-refractivity contribution < 1.29 is 4.79 Å². The Morgan fingerprint density at radius 3 is 2.60 bits per heavy atom. The maximum atomic E-state index is 12.0. The molecule has 0 aliphatic rings. The zero-order valence-corrected chi connectivity index (χ0v) is 12.5. The molecule has 0 aliphatic carbocycles. The molecule has 0 bridgehead atoms. The molecule has 0 saturated carbocycles. The lowest BCUT2D eigenvalue weighted by atomic mass is 10.3. The molecule has 104 valence electrons. The number of hydrogen-bond donors (Lipinski definition) is 1. The van der Waals surface area contributed by atoms with Crippen LogP contribution in [0.1, 0.15) is 0 Å². The second kappa shape index (κ2) is 7.01. The van der Waals surface area contributed by atoms with Crippen LogP contribution in [0.15, 0.2) is 59.5 Å². The van der Waals surface area contributed by atoms with Crippen molar-refractivity contribution in [1.29, 1.82) is 0 Å². The second-order valence-electron chi connectivity index (χ2n) is 4.47. The van der Waals surface area contributed by atoms with Crippen LogP contribution in [0.4, 0.5) is 11.4 Å². The zero-order valence-electron chi connectivity index (χ0n) is 11.7. The van der Waals surface area contributed by atoms with Gasteiger partial charge in [0.15, 0.2) is 0 Å². The second-order valence-corrected chi connectivity index (χ2v) is 5.35. The predicted octanol–water partition coefficient (Wildman–Crippen LogP) is 3.48. The molecule has 0 spiro atoms. The van der Waals surface area contributed by atoms with Gasteiger partial charge in [-0.25, -0.2) is 0 Å². The van der Waals surface area contributed by atoms with E-state index < -0.39 is 0 Å². The lowest BCUT2D eigenvalue weighted by Crippen LogP contribution is -2.29. The van der Waals surface area contributed by atoms with Crippen molar-refractivity contribution in [2.24, 2.45) is 0 Å². The van der Waals surface area contributed by atoms with E-state index in [0.717, 1.165) is 16.3 Å². The molecule has 0 saturated heterocycles. The minimum atomic E-state index is -0.0189. The van der Waals surface area contributed by atoms with E-state index in [9.17, 15) is 4.79 Å². The van der Waals surface area contributed by atoms with E-state index in [2.05, 4.69) is 5.32 Å². The van der Waals surface area contributed by atoms with E-state index in [1.54, 1.807) is 11.8 Å². The first-order chi connectivity index (χ1) is 9.69. The Hall–Kier alpha value is -1.94. The van der Waals surface area contributed by atoms with Crippen molar-refractivity contribution in [2.45, 2.75) is 4.90 Å². The van der Waals surface area contributed by atoms with Crippen LogP contribution in [0, 0.1) is 0 Å². The van der Waals surface area contributed by atoms with Crippen LogP contribution in [0.5, 0.6) is 0 Å². The molecule has 2 aromatic rings. The van der Waals surface area contributed by atoms with Gasteiger partial charge in [0.05, 0.1) is 6.54 Å². The van der Waals surface area contributed by atoms with Crippen LogP contribution in [0.25, 0.3) is 0 Å². The van der Waals surface area contributed by atoms with Crippen LogP contribution in [-0.4, -0.2) is 25.8 Å². The topological polar surface area (TPSA) is 32.3 Å². The molecule has 0 fully saturated rings. The van der Waals surface area contributed by atoms with Gasteiger partial charge in [-0.05, 0) is 36.6 Å². The van der Waals surface area contributed by atoms with Crippen molar-refractivity contribution in [3.63, 3.8) is 0 Å². The lowest BCUT2D eigenvalue weighted by molar-refractivity contribution is -0.114. The average molecular weight is 286 g/mol. The van der Waals surface area contributed by atoms with Gasteiger partial charge in [-0.2, -0.15) is 0 Å². The maximum Gasteiger partial charge on any atom is 0.243 e. The Morgan fingerprint density at radius 2 is 1.90 bits per heavy atom. The monoisotopic (exact) mass is 286 g/mol. The van der Waals surface area contributed by atoms with Crippen LogP contribution in [-0.2, 0) is 4.79 Å². The van der Waals surface area contributed by atoms with Gasteiger partial charge >= 0.3 is 0 Å². The highest BCUT2D eigenvalue weighted by atomic mass is 32.2. The number of nitrogens with one attached hydrogen (secondary N) is 1. The van der Waals surface area contributed by atoms with Crippen molar-refractivity contribution in [3.05, 3.63) is 54.6 Å². The van der Waals surface area contributed by atoms with E-state index in [0.29, 0.717) is 6.54 Å². The van der Waals surface area contributed by atoms with E-state index in [1.807, 2.05) is 72.8 Å². The lowest BCUT2D eigenvalue weighted by Gasteiger charge is -2.18. The molecule has 2 rings (SSSR count). The molecule has 2 aromatic carbocycles. The van der Waals surface area contributed by atoms with Crippen molar-refractivity contribution in [1.82, 2.24) is 0 Å². The first-order valence-corrected chi connectivity index (χ1v) is 7.61. The molecule has 0 unspecified atom stereocenters. The summed E-state index contributed by atoms with van der Waals surface area (Å²) < 4.78 is 0. The van der Waals surface area contributed by atoms with Gasteiger partial charge in [-0.1, -0.05) is 24.3 Å². The fourth-order valence-electron chi connectivity index (χ4n) is 1.89. The Bertz CT molecular complexity index is 572. The number of para-hydroxylation sites is 1. The van der Waals surface area contributed by atoms with Gasteiger partial charge in [0.2, 0.25) is 5.91 Å². The highest BCUT2D eigenvalue weighted by Gasteiger charge is 2.07. The van der Waals surface area contributed by atoms with Crippen LogP contribution < -0.4 is 10.2 Å². The van der Waals surface area contributed by atoms with Gasteiger partial charge < -0.3 is 10.2 Å². The van der Waals surface area contributed by atoms with Gasteiger partial charge in [-0.3, -0.25) is 4.79 Å². The fraction of sp³-hybridized carbons (Fsp3) is 0.188. The Morgan fingerprint density at radius 1 is 1.15 bits per heavy atom. The predicted molar refractivity (Wildman–Crippen MR) is 86.6 cm³/mol. The molecule has 4 heteroatoms. The summed E-state index contributed by atoms with van der Waals surface area (Å²) in [7, 11) is 1.91. The van der Waals surface area contributed by atoms with E-state index >= 15 is 0 Å². The van der Waals surface area contributed by atoms with E-state index in [1.165, 1.54) is 0 Å². The summed E-state index contributed by atoms with van der Waals surface area (Å²) in [5.41, 5.74) is 1.86. The number of benzene rings is 2. The van der Waals surface area contributed by atoms with Crippen LogP contribution in [0.2, 0.25) is 0 Å². The summed E-state index contributed by atoms with van der Waals surface area (Å²) in [6.45, 7) is 0.327. The maximum absolute atomic E-state index is 12.0. The van der Waals surface area contributed by atoms with Crippen molar-refractivity contribution >= 4 is 29.0 Å². The molecule has 0 heterocycles. The molecule has 0 radical (unpaired) electrons. The molecule has 1 N–H and O–H groups in total. The molecular formula is C16H18N2OS. The summed E-state index contributed by atoms with van der Waals surface area (Å²) in [4.78, 5) is 15.1. The molecule has 20 heavy (non-hydrogen) atoms. The van der Waals surface area contributed by atoms with Gasteiger partial charge in [0, 0.05) is 23.3 Å². The summed E-state index contributed by atoms with van der Waals surface area (Å²) >= 11 is 1.66. The average Bonchev–Trinajstić information content (AvgIpc) is 2.48. The van der Waals surface area contributed by atoms with Crippen molar-refractivity contribution in [3.8, 4) is 0 Å². The number of likely N-dealkylation sites (N-methyl/N-ethyl adjacent to an activating group) is 1. The number of thioether (sulfide) groups is 1. The third-order valence-corrected chi connectivity index (χ3v) is 3.66. The van der Waals surface area contributed by atoms with Gasteiger partial charge in [0.1, 0.15) is 0 Å². The summed E-state index contributed by atoms with van der Waals surface area (Å²) in [5.74, 6) is -0.0189. The Balaban J connectivity index is 1.95. The molecule has 0 atom stereocenters. The van der Waals surface area contributed by atoms with E-state index in [4.69, 9.17) is 0 Å². The molecule has 3 nitrogen and oxygen atoms in total. The Kier molecular flexibility index (Phi) is 5.07. The quantitative estimate of drug-likeness (QED) is 0.854. The smallest absolute Gasteiger partial charge is 0.243 e. The number of hydrogen-bond acceptors (Lipinski definition) is 3. The fourth-order valence-corrected chi connectivity index (χ4v) is 2.35. The SMILES string of the molecule is CSc1cccc(NC(=O)CN(C)c2ccccc2)c1. The highest BCUT2D eigenvalue weighted by Crippen LogP contribution is 2.19. The van der Waals surface area contributed by atoms with Crippen LogP contribution >= 0.6 is 11.8 Å². The molecule has 0 aliphatic heterocycles. The summed E-state index contributed by atoms with van der Waals surface area (Å²) in [6, 6.07) is 17.7. The van der Waals surface area contributed by atoms with Gasteiger partial charge in [0.25, 0.3) is 0 Å². The zero-order chi connectivity index (χ0) is 14.4. The van der Waals surface area contributed by atoms with E-state index in [-0.39, 0.29) is 5.91 Å². The third-order valence-electron chi connectivity index (χ3n) is 2.93. The first kappa shape index (κ1) is 14.5. The standard InChI is InChI=1S/C16H18N2OS/c1-18(14-8-4-3-5-9-14)12-16(19)17-13-7-6-10-15(11-13)20-2/h3-11H,12H2,1-2H3,(H,17,19). The Labute approximate surface area is 124 Å². The van der Waals surface area contributed by atoms with Crippen molar-refractivity contribution in [2.75, 3.05) is 30.1 Å². The third kappa shape index (κ3) is 4.03. The van der Waals surface area contributed by atoms with Crippen LogP contribution in [0.3, 0.4) is 0 Å². The number of carbonyl (C=O) groups is 1. The summed E-state index contributed by atoms with van der Waals surface area (Å²) in [5, 5.41) is 2.92. The highest BCUT2D eigenvalue weighted by molar-refractivity contribution is 7.98. The molecule has 1 amide bonds. The largest absolute Gasteiger partial charge is 0.365 e. The number of nitrogens with zero attached hydrogens (tertiary/aromatic N) is 1. The minimum Gasteiger partial charge on any atom is -0.365 e. The summed E-state index contributed by atoms with van der Waals surface area (Å²) in [6.07, 6.45) is 2.02. The van der Waals surface area contributed by atoms with Gasteiger partial charge in [-0.15, -0.1) is 11.8 Å².